The second kappa shape index (κ2) is 21.0. The van der Waals surface area contributed by atoms with Crippen LogP contribution >= 0.6 is 12.4 Å². The molecule has 0 saturated heterocycles. The number of amides is 1. The molecule has 0 aliphatic heterocycles. The minimum atomic E-state index is -0.680. The summed E-state index contributed by atoms with van der Waals surface area (Å²) in [7, 11) is 1.33. The van der Waals surface area contributed by atoms with E-state index in [0.29, 0.717) is 12.8 Å². The zero-order chi connectivity index (χ0) is 22.6. The van der Waals surface area contributed by atoms with Crippen LogP contribution in [0.4, 0.5) is 0 Å². The largest absolute Gasteiger partial charge is 0.467 e. The SMILES string of the molecule is CCCCCCCC/C=C\CCCCCCCC(=O)N[C@@H](Cc1cnc[nH]1)C(=O)OC.Cl. The minimum absolute atomic E-state index is 0. The molecular formula is C25H44ClN3O3. The molecule has 1 aromatic rings. The molecule has 0 fully saturated rings. The molecule has 1 aromatic heterocycles. The lowest BCUT2D eigenvalue weighted by Crippen LogP contribution is -2.43. The van der Waals surface area contributed by atoms with Crippen molar-refractivity contribution in [2.75, 3.05) is 7.11 Å². The number of nitrogens with one attached hydrogen (secondary N) is 2. The van der Waals surface area contributed by atoms with Crippen LogP contribution in [0.3, 0.4) is 0 Å². The van der Waals surface area contributed by atoms with Crippen LogP contribution in [0.5, 0.6) is 0 Å². The maximum absolute atomic E-state index is 12.2. The zero-order valence-electron chi connectivity index (χ0n) is 20.1. The molecule has 184 valence electrons. The first kappa shape index (κ1) is 30.2. The summed E-state index contributed by atoms with van der Waals surface area (Å²) >= 11 is 0. The van der Waals surface area contributed by atoms with Crippen LogP contribution in [0, 0.1) is 0 Å². The van der Waals surface area contributed by atoms with Crippen molar-refractivity contribution in [3.05, 3.63) is 30.4 Å². The summed E-state index contributed by atoms with van der Waals surface area (Å²) in [5, 5.41) is 2.79. The predicted molar refractivity (Wildman–Crippen MR) is 133 cm³/mol. The Bertz CT molecular complexity index is 606. The van der Waals surface area contributed by atoms with Crippen LogP contribution in [0.15, 0.2) is 24.7 Å². The second-order valence-electron chi connectivity index (χ2n) is 8.26. The second-order valence-corrected chi connectivity index (χ2v) is 8.26. The molecule has 32 heavy (non-hydrogen) atoms. The molecule has 2 N–H and O–H groups in total. The van der Waals surface area contributed by atoms with Crippen molar-refractivity contribution in [3.8, 4) is 0 Å². The fourth-order valence-corrected chi connectivity index (χ4v) is 3.57. The summed E-state index contributed by atoms with van der Waals surface area (Å²) in [4.78, 5) is 31.0. The number of halogens is 1. The first-order valence-electron chi connectivity index (χ1n) is 12.2. The molecule has 0 bridgehead atoms. The van der Waals surface area contributed by atoms with E-state index >= 15 is 0 Å². The number of hydrogen-bond acceptors (Lipinski definition) is 4. The number of allylic oxidation sites excluding steroid dienone is 2. The number of hydrogen-bond donors (Lipinski definition) is 2. The lowest BCUT2D eigenvalue weighted by atomic mass is 10.1. The van der Waals surface area contributed by atoms with Gasteiger partial charge in [0, 0.05) is 24.7 Å². The highest BCUT2D eigenvalue weighted by Gasteiger charge is 2.22. The van der Waals surface area contributed by atoms with E-state index in [-0.39, 0.29) is 18.3 Å². The number of esters is 1. The van der Waals surface area contributed by atoms with Gasteiger partial charge in [-0.05, 0) is 32.1 Å². The van der Waals surface area contributed by atoms with Crippen molar-refractivity contribution in [3.63, 3.8) is 0 Å². The molecule has 1 amide bonds. The van der Waals surface area contributed by atoms with Crippen molar-refractivity contribution in [1.82, 2.24) is 15.3 Å². The number of unbranched alkanes of at least 4 members (excludes halogenated alkanes) is 11. The van der Waals surface area contributed by atoms with Gasteiger partial charge in [-0.3, -0.25) is 4.79 Å². The van der Waals surface area contributed by atoms with Gasteiger partial charge in [-0.15, -0.1) is 12.4 Å². The number of carbonyl (C=O) groups excluding carboxylic acids is 2. The standard InChI is InChI=1S/C25H43N3O3.ClH/c1-3-4-5-6-7-8-9-10-11-12-13-14-15-16-17-18-24(29)28-23(25(30)31-2)19-22-20-26-21-27-22;/h10-11,20-21,23H,3-9,12-19H2,1-2H3,(H,26,27)(H,28,29);1H/b11-10-;/t23-;/m0./s1. The van der Waals surface area contributed by atoms with Crippen LogP contribution in [0.2, 0.25) is 0 Å². The third-order valence-electron chi connectivity index (χ3n) is 5.47. The maximum atomic E-state index is 12.2. The van der Waals surface area contributed by atoms with Gasteiger partial charge in [0.05, 0.1) is 13.4 Å². The summed E-state index contributed by atoms with van der Waals surface area (Å²) < 4.78 is 4.80. The summed E-state index contributed by atoms with van der Waals surface area (Å²) in [6.07, 6.45) is 24.6. The van der Waals surface area contributed by atoms with Crippen LogP contribution in [0.1, 0.15) is 103 Å². The van der Waals surface area contributed by atoms with Crippen LogP contribution in [0.25, 0.3) is 0 Å². The van der Waals surface area contributed by atoms with Gasteiger partial charge < -0.3 is 15.0 Å². The summed E-state index contributed by atoms with van der Waals surface area (Å²) in [6, 6.07) is -0.680. The number of ether oxygens (including phenoxy) is 1. The molecule has 6 nitrogen and oxygen atoms in total. The van der Waals surface area contributed by atoms with Gasteiger partial charge in [0.2, 0.25) is 5.91 Å². The Morgan fingerprint density at radius 2 is 1.59 bits per heavy atom. The van der Waals surface area contributed by atoms with Crippen LogP contribution in [-0.2, 0) is 20.7 Å². The monoisotopic (exact) mass is 469 g/mol. The third kappa shape index (κ3) is 15.9. The number of aromatic nitrogens is 2. The molecule has 0 aliphatic carbocycles. The van der Waals surface area contributed by atoms with Gasteiger partial charge in [-0.2, -0.15) is 0 Å². The Balaban J connectivity index is 0.00000961. The molecule has 0 aliphatic rings. The van der Waals surface area contributed by atoms with Gasteiger partial charge >= 0.3 is 5.97 Å². The number of rotatable bonds is 19. The van der Waals surface area contributed by atoms with Crippen molar-refractivity contribution < 1.29 is 14.3 Å². The number of H-pyrrole nitrogens is 1. The summed E-state index contributed by atoms with van der Waals surface area (Å²) in [6.45, 7) is 2.26. The highest BCUT2D eigenvalue weighted by atomic mass is 35.5. The molecule has 0 aromatic carbocycles. The molecule has 7 heteroatoms. The number of methoxy groups -OCH3 is 1. The number of imidazole rings is 1. The van der Waals surface area contributed by atoms with Crippen molar-refractivity contribution in [2.45, 2.75) is 109 Å². The fraction of sp³-hybridized carbons (Fsp3) is 0.720. The highest BCUT2D eigenvalue weighted by molar-refractivity contribution is 5.85. The molecular weight excluding hydrogens is 426 g/mol. The van der Waals surface area contributed by atoms with Gasteiger partial charge in [0.25, 0.3) is 0 Å². The van der Waals surface area contributed by atoms with E-state index in [9.17, 15) is 9.59 Å². The molecule has 1 heterocycles. The Morgan fingerprint density at radius 3 is 2.16 bits per heavy atom. The van der Waals surface area contributed by atoms with E-state index in [1.54, 1.807) is 12.5 Å². The normalized spacial score (nSPS) is 11.8. The molecule has 0 saturated carbocycles. The van der Waals surface area contributed by atoms with E-state index in [2.05, 4.69) is 34.4 Å². The van der Waals surface area contributed by atoms with Crippen molar-refractivity contribution in [1.29, 1.82) is 0 Å². The van der Waals surface area contributed by atoms with E-state index in [1.165, 1.54) is 64.9 Å². The molecule has 1 rings (SSSR count). The van der Waals surface area contributed by atoms with E-state index < -0.39 is 12.0 Å². The number of aromatic amines is 1. The van der Waals surface area contributed by atoms with E-state index in [4.69, 9.17) is 4.74 Å². The smallest absolute Gasteiger partial charge is 0.328 e. The summed E-state index contributed by atoms with van der Waals surface area (Å²) in [5.41, 5.74) is 0.789. The van der Waals surface area contributed by atoms with Gasteiger partial charge in [0.15, 0.2) is 0 Å². The topological polar surface area (TPSA) is 84.1 Å². The Kier molecular flexibility index (Phi) is 19.9. The predicted octanol–water partition coefficient (Wildman–Crippen LogP) is 6.07. The average Bonchev–Trinajstić information content (AvgIpc) is 3.28. The Labute approximate surface area is 200 Å². The molecule has 1 atom stereocenters. The number of nitrogens with zero attached hydrogens (tertiary/aromatic N) is 1. The maximum Gasteiger partial charge on any atom is 0.328 e. The Morgan fingerprint density at radius 1 is 1.00 bits per heavy atom. The van der Waals surface area contributed by atoms with E-state index in [0.717, 1.165) is 31.4 Å². The molecule has 0 radical (unpaired) electrons. The first-order valence-corrected chi connectivity index (χ1v) is 12.2. The quantitative estimate of drug-likeness (QED) is 0.146. The lowest BCUT2D eigenvalue weighted by Gasteiger charge is -2.15. The third-order valence-corrected chi connectivity index (χ3v) is 5.47. The van der Waals surface area contributed by atoms with E-state index in [1.807, 2.05) is 0 Å². The van der Waals surface area contributed by atoms with Gasteiger partial charge in [-0.1, -0.05) is 70.4 Å². The number of carbonyl (C=O) groups is 2. The minimum Gasteiger partial charge on any atom is -0.467 e. The van der Waals surface area contributed by atoms with Crippen LogP contribution in [-0.4, -0.2) is 35.0 Å². The Hall–Kier alpha value is -1.82. The molecule has 0 unspecified atom stereocenters. The summed E-state index contributed by atoms with van der Waals surface area (Å²) in [5.74, 6) is -0.542. The molecule has 0 spiro atoms. The lowest BCUT2D eigenvalue weighted by molar-refractivity contribution is -0.145. The average molecular weight is 470 g/mol. The van der Waals surface area contributed by atoms with Crippen molar-refractivity contribution >= 4 is 24.3 Å². The van der Waals surface area contributed by atoms with Gasteiger partial charge in [-0.25, -0.2) is 9.78 Å². The van der Waals surface area contributed by atoms with Gasteiger partial charge in [0.1, 0.15) is 6.04 Å². The zero-order valence-corrected chi connectivity index (χ0v) is 20.9. The van der Waals surface area contributed by atoms with Crippen LogP contribution < -0.4 is 5.32 Å². The highest BCUT2D eigenvalue weighted by Crippen LogP contribution is 2.10. The van der Waals surface area contributed by atoms with Crippen molar-refractivity contribution in [2.24, 2.45) is 0 Å². The first-order chi connectivity index (χ1) is 15.2. The fourth-order valence-electron chi connectivity index (χ4n) is 3.57.